The second-order valence-corrected chi connectivity index (χ2v) is 8.99. The highest BCUT2D eigenvalue weighted by atomic mass is 35.5. The first-order valence-electron chi connectivity index (χ1n) is 11.0. The van der Waals surface area contributed by atoms with E-state index in [9.17, 15) is 9.59 Å². The lowest BCUT2D eigenvalue weighted by molar-refractivity contribution is -0.128. The normalized spacial score (nSPS) is 15.4. The Morgan fingerprint density at radius 1 is 1.18 bits per heavy atom. The molecule has 1 aliphatic rings. The summed E-state index contributed by atoms with van der Waals surface area (Å²) >= 11 is 6.56. The summed E-state index contributed by atoms with van der Waals surface area (Å²) in [6.07, 6.45) is 0.917. The van der Waals surface area contributed by atoms with Gasteiger partial charge >= 0.3 is 0 Å². The number of nitrogens with one attached hydrogen (secondary N) is 2. The van der Waals surface area contributed by atoms with E-state index >= 15 is 0 Å². The van der Waals surface area contributed by atoms with E-state index in [2.05, 4.69) is 10.6 Å². The molecule has 0 spiro atoms. The van der Waals surface area contributed by atoms with Crippen LogP contribution in [0, 0.1) is 5.92 Å². The Balaban J connectivity index is 1.73. The number of amides is 2. The number of methoxy groups -OCH3 is 2. The van der Waals surface area contributed by atoms with E-state index in [1.165, 1.54) is 6.92 Å². The summed E-state index contributed by atoms with van der Waals surface area (Å²) in [4.78, 5) is 24.1. The van der Waals surface area contributed by atoms with Crippen molar-refractivity contribution in [2.45, 2.75) is 45.8 Å². The van der Waals surface area contributed by atoms with Gasteiger partial charge in [-0.15, -0.1) is 0 Å². The summed E-state index contributed by atoms with van der Waals surface area (Å²) in [6.45, 7) is 5.75. The number of benzene rings is 2. The van der Waals surface area contributed by atoms with Crippen LogP contribution in [0.2, 0.25) is 5.02 Å². The van der Waals surface area contributed by atoms with Gasteiger partial charge in [-0.3, -0.25) is 9.59 Å². The average Bonchev–Trinajstić information content (AvgIpc) is 3.19. The minimum atomic E-state index is -0.568. The largest absolute Gasteiger partial charge is 0.497 e. The second kappa shape index (κ2) is 10.8. The summed E-state index contributed by atoms with van der Waals surface area (Å²) in [5.74, 6) is 1.88. The molecule has 8 heteroatoms. The lowest BCUT2D eigenvalue weighted by atomic mass is 9.99. The molecule has 7 nitrogen and oxygen atoms in total. The second-order valence-electron chi connectivity index (χ2n) is 8.58. The zero-order valence-electron chi connectivity index (χ0n) is 19.7. The molecule has 0 unspecified atom stereocenters. The highest BCUT2D eigenvalue weighted by Gasteiger charge is 2.28. The molecule has 2 amide bonds. The van der Waals surface area contributed by atoms with Gasteiger partial charge in [-0.05, 0) is 48.2 Å². The molecule has 0 saturated heterocycles. The molecule has 2 atom stereocenters. The zero-order valence-corrected chi connectivity index (χ0v) is 20.4. The van der Waals surface area contributed by atoms with Crippen molar-refractivity contribution in [3.8, 4) is 28.4 Å². The molecular formula is C25H31ClN2O5. The van der Waals surface area contributed by atoms with Crippen LogP contribution in [0.25, 0.3) is 11.1 Å². The molecule has 1 aliphatic heterocycles. The van der Waals surface area contributed by atoms with E-state index in [1.807, 2.05) is 44.2 Å². The molecule has 0 bridgehead atoms. The third-order valence-corrected chi connectivity index (χ3v) is 5.76. The van der Waals surface area contributed by atoms with Crippen molar-refractivity contribution in [2.24, 2.45) is 5.92 Å². The minimum absolute atomic E-state index is 0.216. The van der Waals surface area contributed by atoms with E-state index in [1.54, 1.807) is 14.2 Å². The van der Waals surface area contributed by atoms with Gasteiger partial charge < -0.3 is 24.8 Å². The predicted molar refractivity (Wildman–Crippen MR) is 128 cm³/mol. The zero-order chi connectivity index (χ0) is 24.1. The standard InChI is InChI=1S/C25H31ClN2O5/c1-14(2)8-22(28-15(3)29)25(30)27-13-19-10-17-9-16(11-21(26)24(17)33-19)20-12-18(31-4)6-7-23(20)32-5/h6-7,9,11-12,14,19,22H,8,10,13H2,1-5H3,(H,27,30)(H,28,29)/t19-,22+/m1/s1. The molecule has 0 aliphatic carbocycles. The van der Waals surface area contributed by atoms with Crippen molar-refractivity contribution in [1.82, 2.24) is 10.6 Å². The van der Waals surface area contributed by atoms with Crippen LogP contribution in [0.3, 0.4) is 0 Å². The Labute approximate surface area is 199 Å². The number of halogens is 1. The van der Waals surface area contributed by atoms with Crippen molar-refractivity contribution in [1.29, 1.82) is 0 Å². The van der Waals surface area contributed by atoms with Crippen molar-refractivity contribution < 1.29 is 23.8 Å². The first kappa shape index (κ1) is 24.7. The molecule has 0 saturated carbocycles. The van der Waals surface area contributed by atoms with Gasteiger partial charge in [-0.2, -0.15) is 0 Å². The SMILES string of the molecule is COc1ccc(OC)c(-c2cc(Cl)c3c(c2)C[C@H](CNC(=O)[C@H](CC(C)C)NC(C)=O)O3)c1. The maximum Gasteiger partial charge on any atom is 0.242 e. The quantitative estimate of drug-likeness (QED) is 0.573. The first-order valence-corrected chi connectivity index (χ1v) is 11.4. The number of carbonyl (C=O) groups excluding carboxylic acids is 2. The average molecular weight is 475 g/mol. The molecule has 3 rings (SSSR count). The van der Waals surface area contributed by atoms with Gasteiger partial charge in [0.15, 0.2) is 0 Å². The third kappa shape index (κ3) is 6.11. The minimum Gasteiger partial charge on any atom is -0.497 e. The van der Waals surface area contributed by atoms with Crippen LogP contribution in [-0.4, -0.2) is 44.7 Å². The van der Waals surface area contributed by atoms with Crippen LogP contribution >= 0.6 is 11.6 Å². The Morgan fingerprint density at radius 2 is 1.94 bits per heavy atom. The van der Waals surface area contributed by atoms with Crippen molar-refractivity contribution >= 4 is 23.4 Å². The molecule has 2 aromatic carbocycles. The van der Waals surface area contributed by atoms with Gasteiger partial charge in [0, 0.05) is 24.5 Å². The van der Waals surface area contributed by atoms with Crippen molar-refractivity contribution in [2.75, 3.05) is 20.8 Å². The van der Waals surface area contributed by atoms with E-state index in [0.29, 0.717) is 35.9 Å². The lowest BCUT2D eigenvalue weighted by Crippen LogP contribution is -2.48. The van der Waals surface area contributed by atoms with Gasteiger partial charge in [0.05, 0.1) is 25.8 Å². The van der Waals surface area contributed by atoms with Crippen LogP contribution in [0.4, 0.5) is 0 Å². The van der Waals surface area contributed by atoms with Gasteiger partial charge in [-0.25, -0.2) is 0 Å². The predicted octanol–water partition coefficient (Wildman–Crippen LogP) is 3.99. The summed E-state index contributed by atoms with van der Waals surface area (Å²) < 4.78 is 16.9. The Morgan fingerprint density at radius 3 is 2.58 bits per heavy atom. The Kier molecular flexibility index (Phi) is 8.08. The molecule has 2 N–H and O–H groups in total. The fraction of sp³-hybridized carbons (Fsp3) is 0.440. The van der Waals surface area contributed by atoms with Crippen LogP contribution in [0.5, 0.6) is 17.2 Å². The number of carbonyl (C=O) groups is 2. The van der Waals surface area contributed by atoms with E-state index in [-0.39, 0.29) is 23.8 Å². The fourth-order valence-corrected chi connectivity index (χ4v) is 4.27. The number of rotatable bonds is 9. The summed E-state index contributed by atoms with van der Waals surface area (Å²) in [6, 6.07) is 8.90. The Bertz CT molecular complexity index is 1020. The molecule has 2 aromatic rings. The fourth-order valence-electron chi connectivity index (χ4n) is 3.98. The van der Waals surface area contributed by atoms with Gasteiger partial charge in [0.2, 0.25) is 11.8 Å². The number of fused-ring (bicyclic) bond motifs is 1. The summed E-state index contributed by atoms with van der Waals surface area (Å²) in [7, 11) is 3.24. The van der Waals surface area contributed by atoms with Crippen molar-refractivity contribution in [3.63, 3.8) is 0 Å². The topological polar surface area (TPSA) is 85.9 Å². The number of hydrogen-bond donors (Lipinski definition) is 2. The number of ether oxygens (including phenoxy) is 3. The van der Waals surface area contributed by atoms with Gasteiger partial charge in [-0.1, -0.05) is 25.4 Å². The van der Waals surface area contributed by atoms with E-state index in [4.69, 9.17) is 25.8 Å². The maximum atomic E-state index is 12.6. The number of hydrogen-bond acceptors (Lipinski definition) is 5. The summed E-state index contributed by atoms with van der Waals surface area (Å²) in [5, 5.41) is 6.13. The molecule has 0 radical (unpaired) electrons. The van der Waals surface area contributed by atoms with Crippen LogP contribution in [-0.2, 0) is 16.0 Å². The molecule has 33 heavy (non-hydrogen) atoms. The Hall–Kier alpha value is -2.93. The highest BCUT2D eigenvalue weighted by molar-refractivity contribution is 6.32. The van der Waals surface area contributed by atoms with E-state index in [0.717, 1.165) is 22.4 Å². The monoisotopic (exact) mass is 474 g/mol. The smallest absolute Gasteiger partial charge is 0.242 e. The molecule has 1 heterocycles. The van der Waals surface area contributed by atoms with E-state index < -0.39 is 6.04 Å². The summed E-state index contributed by atoms with van der Waals surface area (Å²) in [5.41, 5.74) is 2.72. The third-order valence-electron chi connectivity index (χ3n) is 5.48. The molecule has 0 fully saturated rings. The van der Waals surface area contributed by atoms with Crippen LogP contribution in [0.1, 0.15) is 32.8 Å². The molecular weight excluding hydrogens is 444 g/mol. The van der Waals surface area contributed by atoms with Crippen LogP contribution in [0.15, 0.2) is 30.3 Å². The van der Waals surface area contributed by atoms with Crippen molar-refractivity contribution in [3.05, 3.63) is 40.9 Å². The van der Waals surface area contributed by atoms with Gasteiger partial charge in [0.25, 0.3) is 0 Å². The maximum absolute atomic E-state index is 12.6. The first-order chi connectivity index (χ1) is 15.7. The highest BCUT2D eigenvalue weighted by Crippen LogP contribution is 2.42. The van der Waals surface area contributed by atoms with Gasteiger partial charge in [0.1, 0.15) is 29.4 Å². The molecule has 0 aromatic heterocycles. The lowest BCUT2D eigenvalue weighted by Gasteiger charge is -2.20. The molecule has 178 valence electrons. The van der Waals surface area contributed by atoms with Crippen LogP contribution < -0.4 is 24.8 Å².